The van der Waals surface area contributed by atoms with Crippen molar-refractivity contribution in [2.24, 2.45) is 5.92 Å². The molecule has 0 saturated heterocycles. The van der Waals surface area contributed by atoms with Crippen LogP contribution in [-0.4, -0.2) is 5.78 Å². The summed E-state index contributed by atoms with van der Waals surface area (Å²) in [6, 6.07) is 7.26. The number of Topliss-reactive ketones (excluding diaryl/α,β-unsaturated/α-hetero) is 1. The van der Waals surface area contributed by atoms with Crippen LogP contribution in [0.5, 0.6) is 0 Å². The quantitative estimate of drug-likeness (QED) is 0.542. The first kappa shape index (κ1) is 13.7. The van der Waals surface area contributed by atoms with E-state index >= 15 is 0 Å². The average Bonchev–Trinajstić information content (AvgIpc) is 2.68. The van der Waals surface area contributed by atoms with Crippen molar-refractivity contribution in [1.29, 1.82) is 0 Å². The maximum atomic E-state index is 12.4. The molecular formula is C17H19ClO2. The van der Waals surface area contributed by atoms with Crippen molar-refractivity contribution in [3.05, 3.63) is 35.0 Å². The van der Waals surface area contributed by atoms with Crippen LogP contribution in [0.15, 0.2) is 28.7 Å². The molecule has 20 heavy (non-hydrogen) atoms. The van der Waals surface area contributed by atoms with Crippen molar-refractivity contribution in [3.8, 4) is 0 Å². The Kier molecular flexibility index (Phi) is 4.11. The molecule has 1 aromatic carbocycles. The van der Waals surface area contributed by atoms with Crippen LogP contribution in [0.1, 0.15) is 55.5 Å². The zero-order valence-electron chi connectivity index (χ0n) is 11.5. The molecule has 2 nitrogen and oxygen atoms in total. The van der Waals surface area contributed by atoms with E-state index in [2.05, 4.69) is 0 Å². The first-order valence-electron chi connectivity index (χ1n) is 7.45. The molecule has 3 heteroatoms. The Balaban J connectivity index is 1.74. The van der Waals surface area contributed by atoms with E-state index in [9.17, 15) is 4.79 Å². The molecule has 3 rings (SSSR count). The van der Waals surface area contributed by atoms with E-state index < -0.39 is 0 Å². The van der Waals surface area contributed by atoms with E-state index in [0.717, 1.165) is 11.0 Å². The first-order chi connectivity index (χ1) is 9.72. The Morgan fingerprint density at radius 3 is 2.65 bits per heavy atom. The minimum atomic E-state index is 0.129. The summed E-state index contributed by atoms with van der Waals surface area (Å²) in [7, 11) is 0. The highest BCUT2D eigenvalue weighted by Gasteiger charge is 2.19. The van der Waals surface area contributed by atoms with Crippen molar-refractivity contribution < 1.29 is 9.21 Å². The highest BCUT2D eigenvalue weighted by Crippen LogP contribution is 2.29. The maximum Gasteiger partial charge on any atom is 0.198 e. The smallest absolute Gasteiger partial charge is 0.198 e. The van der Waals surface area contributed by atoms with Crippen molar-refractivity contribution in [1.82, 2.24) is 0 Å². The molecule has 1 saturated carbocycles. The van der Waals surface area contributed by atoms with E-state index in [-0.39, 0.29) is 5.78 Å². The van der Waals surface area contributed by atoms with Gasteiger partial charge in [-0.1, -0.05) is 50.1 Å². The largest absolute Gasteiger partial charge is 0.453 e. The van der Waals surface area contributed by atoms with Crippen LogP contribution < -0.4 is 0 Å². The summed E-state index contributed by atoms with van der Waals surface area (Å²) >= 11 is 5.95. The lowest BCUT2D eigenvalue weighted by molar-refractivity contribution is 0.0932. The molecule has 0 unspecified atom stereocenters. The van der Waals surface area contributed by atoms with Crippen LogP contribution in [0.2, 0.25) is 5.02 Å². The highest BCUT2D eigenvalue weighted by atomic mass is 35.5. The fourth-order valence-corrected chi connectivity index (χ4v) is 3.26. The fraction of sp³-hybridized carbons (Fsp3) is 0.471. The predicted molar refractivity (Wildman–Crippen MR) is 81.4 cm³/mol. The van der Waals surface area contributed by atoms with Gasteiger partial charge < -0.3 is 4.42 Å². The maximum absolute atomic E-state index is 12.4. The van der Waals surface area contributed by atoms with E-state index in [0.29, 0.717) is 23.1 Å². The normalized spacial score (nSPS) is 17.2. The molecule has 0 atom stereocenters. The second-order valence-electron chi connectivity index (χ2n) is 5.78. The van der Waals surface area contributed by atoms with Crippen molar-refractivity contribution >= 4 is 28.4 Å². The SMILES string of the molecule is O=C(CC1CCCCCC1)c1cc2cc(Cl)ccc2o1. The van der Waals surface area contributed by atoms with E-state index in [1.807, 2.05) is 18.2 Å². The van der Waals surface area contributed by atoms with Crippen molar-refractivity contribution in [2.45, 2.75) is 44.9 Å². The number of hydrogen-bond acceptors (Lipinski definition) is 2. The summed E-state index contributed by atoms with van der Waals surface area (Å²) in [4.78, 5) is 12.4. The van der Waals surface area contributed by atoms with Gasteiger partial charge in [0.25, 0.3) is 0 Å². The average molecular weight is 291 g/mol. The lowest BCUT2D eigenvalue weighted by Crippen LogP contribution is -2.07. The Bertz CT molecular complexity index is 606. The number of fused-ring (bicyclic) bond motifs is 1. The number of hydrogen-bond donors (Lipinski definition) is 0. The monoisotopic (exact) mass is 290 g/mol. The molecule has 1 aliphatic carbocycles. The molecule has 1 fully saturated rings. The summed E-state index contributed by atoms with van der Waals surface area (Å²) in [5.74, 6) is 1.14. The molecule has 1 aromatic heterocycles. The topological polar surface area (TPSA) is 30.2 Å². The van der Waals surface area contributed by atoms with Gasteiger partial charge in [0.1, 0.15) is 5.58 Å². The van der Waals surface area contributed by atoms with Crippen LogP contribution in [0.25, 0.3) is 11.0 Å². The molecule has 0 radical (unpaired) electrons. The molecule has 0 spiro atoms. The Labute approximate surface area is 124 Å². The number of ketones is 1. The molecule has 0 amide bonds. The van der Waals surface area contributed by atoms with Crippen LogP contribution >= 0.6 is 11.6 Å². The van der Waals surface area contributed by atoms with Gasteiger partial charge in [-0.15, -0.1) is 0 Å². The molecule has 0 bridgehead atoms. The van der Waals surface area contributed by atoms with Gasteiger partial charge in [-0.25, -0.2) is 0 Å². The zero-order valence-corrected chi connectivity index (χ0v) is 12.3. The number of halogens is 1. The van der Waals surface area contributed by atoms with Gasteiger partial charge in [-0.2, -0.15) is 0 Å². The van der Waals surface area contributed by atoms with Crippen LogP contribution in [-0.2, 0) is 0 Å². The van der Waals surface area contributed by atoms with Crippen LogP contribution in [0.4, 0.5) is 0 Å². The van der Waals surface area contributed by atoms with E-state index in [1.54, 1.807) is 6.07 Å². The summed E-state index contributed by atoms with van der Waals surface area (Å²) in [6.45, 7) is 0. The lowest BCUT2D eigenvalue weighted by atomic mass is 9.94. The van der Waals surface area contributed by atoms with Crippen LogP contribution in [0, 0.1) is 5.92 Å². The molecule has 0 N–H and O–H groups in total. The number of rotatable bonds is 3. The summed E-state index contributed by atoms with van der Waals surface area (Å²) in [5, 5.41) is 1.57. The van der Waals surface area contributed by atoms with Gasteiger partial charge in [-0.05, 0) is 30.2 Å². The highest BCUT2D eigenvalue weighted by molar-refractivity contribution is 6.31. The van der Waals surface area contributed by atoms with Gasteiger partial charge in [0.15, 0.2) is 11.5 Å². The minimum Gasteiger partial charge on any atom is -0.453 e. The Hall–Kier alpha value is -1.28. The third kappa shape index (κ3) is 3.06. The summed E-state index contributed by atoms with van der Waals surface area (Å²) in [5.41, 5.74) is 0.735. The Morgan fingerprint density at radius 1 is 1.15 bits per heavy atom. The minimum absolute atomic E-state index is 0.129. The van der Waals surface area contributed by atoms with Crippen molar-refractivity contribution in [2.75, 3.05) is 0 Å². The van der Waals surface area contributed by atoms with Crippen LogP contribution in [0.3, 0.4) is 0 Å². The second kappa shape index (κ2) is 6.01. The van der Waals surface area contributed by atoms with Crippen molar-refractivity contribution in [3.63, 3.8) is 0 Å². The third-order valence-electron chi connectivity index (χ3n) is 4.20. The third-order valence-corrected chi connectivity index (χ3v) is 4.44. The standard InChI is InChI=1S/C17H19ClO2/c18-14-7-8-16-13(10-14)11-17(20-16)15(19)9-12-5-3-1-2-4-6-12/h7-8,10-12H,1-6,9H2. The second-order valence-corrected chi connectivity index (χ2v) is 6.21. The van der Waals surface area contributed by atoms with Gasteiger partial charge in [0, 0.05) is 16.8 Å². The lowest BCUT2D eigenvalue weighted by Gasteiger charge is -2.11. The molecular weight excluding hydrogens is 272 g/mol. The van der Waals surface area contributed by atoms with E-state index in [1.165, 1.54) is 38.5 Å². The number of benzene rings is 1. The molecule has 106 valence electrons. The molecule has 1 heterocycles. The van der Waals surface area contributed by atoms with Gasteiger partial charge in [0.2, 0.25) is 0 Å². The number of carbonyl (C=O) groups is 1. The molecule has 1 aliphatic rings. The Morgan fingerprint density at radius 2 is 1.90 bits per heavy atom. The first-order valence-corrected chi connectivity index (χ1v) is 7.82. The molecule has 0 aliphatic heterocycles. The predicted octanol–water partition coefficient (Wildman–Crippen LogP) is 5.63. The summed E-state index contributed by atoms with van der Waals surface area (Å²) < 4.78 is 5.65. The summed E-state index contributed by atoms with van der Waals surface area (Å²) in [6.07, 6.45) is 8.12. The fourth-order valence-electron chi connectivity index (χ4n) is 3.08. The number of furan rings is 1. The van der Waals surface area contributed by atoms with Gasteiger partial charge in [-0.3, -0.25) is 4.79 Å². The van der Waals surface area contributed by atoms with E-state index in [4.69, 9.17) is 16.0 Å². The zero-order chi connectivity index (χ0) is 13.9. The number of carbonyl (C=O) groups excluding carboxylic acids is 1. The molecule has 2 aromatic rings. The van der Waals surface area contributed by atoms with Gasteiger partial charge in [0.05, 0.1) is 0 Å². The van der Waals surface area contributed by atoms with Gasteiger partial charge >= 0.3 is 0 Å².